The minimum atomic E-state index is -0.366. The molecule has 40 heavy (non-hydrogen) atoms. The molecule has 0 aliphatic rings. The topological polar surface area (TPSA) is 52.6 Å². The van der Waals surface area contributed by atoms with Gasteiger partial charge in [-0.25, -0.2) is 0 Å². The van der Waals surface area contributed by atoms with Gasteiger partial charge in [-0.2, -0.15) is 0 Å². The summed E-state index contributed by atoms with van der Waals surface area (Å²) in [6, 6.07) is 0. The first-order valence-corrected chi connectivity index (χ1v) is 17.9. The van der Waals surface area contributed by atoms with Gasteiger partial charge in [-0.15, -0.1) is 0 Å². The maximum atomic E-state index is 12.9. The highest BCUT2D eigenvalue weighted by atomic mass is 16.5. The van der Waals surface area contributed by atoms with Crippen LogP contribution in [0.25, 0.3) is 0 Å². The molecule has 0 spiro atoms. The number of hydrogen-bond donors (Lipinski definition) is 0. The first-order chi connectivity index (χ1) is 19.6. The summed E-state index contributed by atoms with van der Waals surface area (Å²) < 4.78 is 10.9. The average Bonchev–Trinajstić information content (AvgIpc) is 2.94. The number of carbonyl (C=O) groups is 2. The Kier molecular flexibility index (Phi) is 30.1. The van der Waals surface area contributed by atoms with E-state index in [9.17, 15) is 9.59 Å². The number of esters is 2. The molecule has 0 heterocycles. The zero-order valence-electron chi connectivity index (χ0n) is 27.6. The molecule has 2 atom stereocenters. The molecule has 238 valence electrons. The van der Waals surface area contributed by atoms with Gasteiger partial charge in [-0.3, -0.25) is 9.59 Å². The molecular formula is C36H70O4. The zero-order valence-corrected chi connectivity index (χ0v) is 27.6. The van der Waals surface area contributed by atoms with Gasteiger partial charge < -0.3 is 9.47 Å². The lowest BCUT2D eigenvalue weighted by Gasteiger charge is -2.24. The predicted octanol–water partition coefficient (Wildman–Crippen LogP) is 11.5. The molecule has 0 saturated heterocycles. The number of unbranched alkanes of at least 4 members (excludes halogenated alkanes) is 22. The van der Waals surface area contributed by atoms with Crippen LogP contribution in [0.5, 0.6) is 0 Å². The van der Waals surface area contributed by atoms with E-state index >= 15 is 0 Å². The lowest BCUT2D eigenvalue weighted by molar-refractivity contribution is -0.161. The fourth-order valence-electron chi connectivity index (χ4n) is 5.88. The van der Waals surface area contributed by atoms with E-state index in [1.807, 2.05) is 13.8 Å². The van der Waals surface area contributed by atoms with E-state index in [0.717, 1.165) is 38.5 Å². The Labute approximate surface area is 250 Å². The minimum absolute atomic E-state index is 0.206. The molecule has 0 aromatic heterocycles. The fraction of sp³-hybridized carbons (Fsp3) is 0.944. The van der Waals surface area contributed by atoms with Crippen LogP contribution in [0.15, 0.2) is 0 Å². The first-order valence-electron chi connectivity index (χ1n) is 17.9. The summed E-state index contributed by atoms with van der Waals surface area (Å²) in [4.78, 5) is 25.8. The minimum Gasteiger partial charge on any atom is -0.466 e. The molecule has 0 bridgehead atoms. The Morgan fingerprint density at radius 2 is 0.600 bits per heavy atom. The second-order valence-electron chi connectivity index (χ2n) is 12.1. The van der Waals surface area contributed by atoms with Gasteiger partial charge in [0, 0.05) is 0 Å². The molecule has 0 radical (unpaired) electrons. The van der Waals surface area contributed by atoms with Crippen LogP contribution in [-0.4, -0.2) is 25.2 Å². The maximum Gasteiger partial charge on any atom is 0.309 e. The maximum absolute atomic E-state index is 12.9. The Morgan fingerprint density at radius 1 is 0.375 bits per heavy atom. The predicted molar refractivity (Wildman–Crippen MR) is 172 cm³/mol. The van der Waals surface area contributed by atoms with E-state index in [2.05, 4.69) is 13.8 Å². The third-order valence-corrected chi connectivity index (χ3v) is 8.40. The van der Waals surface area contributed by atoms with Crippen molar-refractivity contribution in [3.05, 3.63) is 0 Å². The van der Waals surface area contributed by atoms with Crippen molar-refractivity contribution in [2.75, 3.05) is 13.2 Å². The summed E-state index contributed by atoms with van der Waals surface area (Å²) >= 11 is 0. The van der Waals surface area contributed by atoms with Crippen molar-refractivity contribution in [3.63, 3.8) is 0 Å². The molecule has 0 aromatic carbocycles. The van der Waals surface area contributed by atoms with Crippen LogP contribution in [0.1, 0.15) is 195 Å². The standard InChI is InChI=1S/C36H70O4/c1-5-9-11-13-15-17-19-21-23-25-27-29-31-33(35(37)39-7-3)34(36(38)40-8-4)32-30-28-26-24-22-20-18-16-14-12-10-6-2/h33-34H,5-32H2,1-4H3. The van der Waals surface area contributed by atoms with E-state index in [0.29, 0.717) is 13.2 Å². The molecule has 4 nitrogen and oxygen atoms in total. The van der Waals surface area contributed by atoms with E-state index < -0.39 is 0 Å². The number of hydrogen-bond acceptors (Lipinski definition) is 4. The normalized spacial score (nSPS) is 12.8. The van der Waals surface area contributed by atoms with E-state index in [-0.39, 0.29) is 23.8 Å². The smallest absolute Gasteiger partial charge is 0.309 e. The fourth-order valence-corrected chi connectivity index (χ4v) is 5.88. The lowest BCUT2D eigenvalue weighted by Crippen LogP contribution is -2.33. The second-order valence-corrected chi connectivity index (χ2v) is 12.1. The van der Waals surface area contributed by atoms with Crippen molar-refractivity contribution in [1.29, 1.82) is 0 Å². The molecule has 2 unspecified atom stereocenters. The Balaban J connectivity index is 4.37. The SMILES string of the molecule is CCCCCCCCCCCCCCC(C(=O)OCC)C(CCCCCCCCCCCCCC)C(=O)OCC. The molecule has 0 aliphatic carbocycles. The summed E-state index contributed by atoms with van der Waals surface area (Å²) in [5, 5.41) is 0. The van der Waals surface area contributed by atoms with Crippen LogP contribution in [0.3, 0.4) is 0 Å². The van der Waals surface area contributed by atoms with Crippen molar-refractivity contribution in [2.24, 2.45) is 11.8 Å². The van der Waals surface area contributed by atoms with Gasteiger partial charge in [0.15, 0.2) is 0 Å². The Morgan fingerprint density at radius 3 is 0.825 bits per heavy atom. The van der Waals surface area contributed by atoms with Gasteiger partial charge in [0.25, 0.3) is 0 Å². The van der Waals surface area contributed by atoms with E-state index in [4.69, 9.17) is 9.47 Å². The quantitative estimate of drug-likeness (QED) is 0.0618. The Bertz CT molecular complexity index is 499. The van der Waals surface area contributed by atoms with E-state index in [1.165, 1.54) is 128 Å². The van der Waals surface area contributed by atoms with Gasteiger partial charge in [-0.05, 0) is 26.7 Å². The van der Waals surface area contributed by atoms with Gasteiger partial charge in [-0.1, -0.05) is 168 Å². The summed E-state index contributed by atoms with van der Waals surface area (Å²) in [6.07, 6.45) is 32.5. The largest absolute Gasteiger partial charge is 0.466 e. The highest BCUT2D eigenvalue weighted by Crippen LogP contribution is 2.28. The first kappa shape index (κ1) is 38.9. The monoisotopic (exact) mass is 567 g/mol. The highest BCUT2D eigenvalue weighted by Gasteiger charge is 2.35. The third kappa shape index (κ3) is 23.6. The van der Waals surface area contributed by atoms with Crippen molar-refractivity contribution in [2.45, 2.75) is 195 Å². The van der Waals surface area contributed by atoms with Crippen LogP contribution in [0.4, 0.5) is 0 Å². The van der Waals surface area contributed by atoms with Gasteiger partial charge in [0.05, 0.1) is 25.0 Å². The van der Waals surface area contributed by atoms with Crippen molar-refractivity contribution >= 4 is 11.9 Å². The van der Waals surface area contributed by atoms with Crippen LogP contribution >= 0.6 is 0 Å². The van der Waals surface area contributed by atoms with Crippen molar-refractivity contribution < 1.29 is 19.1 Å². The van der Waals surface area contributed by atoms with E-state index in [1.54, 1.807) is 0 Å². The average molecular weight is 567 g/mol. The summed E-state index contributed by atoms with van der Waals surface area (Å²) in [7, 11) is 0. The number of rotatable bonds is 31. The van der Waals surface area contributed by atoms with Crippen LogP contribution in [-0.2, 0) is 19.1 Å². The second kappa shape index (κ2) is 30.9. The summed E-state index contributed by atoms with van der Waals surface area (Å²) in [6.45, 7) is 8.97. The molecule has 0 amide bonds. The molecule has 0 rings (SSSR count). The zero-order chi connectivity index (χ0) is 29.5. The van der Waals surface area contributed by atoms with Crippen LogP contribution < -0.4 is 0 Å². The van der Waals surface area contributed by atoms with Crippen molar-refractivity contribution in [1.82, 2.24) is 0 Å². The van der Waals surface area contributed by atoms with Crippen molar-refractivity contribution in [3.8, 4) is 0 Å². The van der Waals surface area contributed by atoms with Gasteiger partial charge >= 0.3 is 11.9 Å². The molecule has 0 saturated carbocycles. The summed E-state index contributed by atoms with van der Waals surface area (Å²) in [5.41, 5.74) is 0. The highest BCUT2D eigenvalue weighted by molar-refractivity contribution is 5.82. The number of ether oxygens (including phenoxy) is 2. The number of carbonyl (C=O) groups excluding carboxylic acids is 2. The Hall–Kier alpha value is -1.06. The molecule has 4 heteroatoms. The third-order valence-electron chi connectivity index (χ3n) is 8.40. The molecular weight excluding hydrogens is 496 g/mol. The lowest BCUT2D eigenvalue weighted by atomic mass is 9.83. The molecule has 0 fully saturated rings. The molecule has 0 N–H and O–H groups in total. The van der Waals surface area contributed by atoms with Gasteiger partial charge in [0.2, 0.25) is 0 Å². The van der Waals surface area contributed by atoms with Crippen LogP contribution in [0.2, 0.25) is 0 Å². The molecule has 0 aromatic rings. The molecule has 0 aliphatic heterocycles. The van der Waals surface area contributed by atoms with Gasteiger partial charge in [0.1, 0.15) is 0 Å². The summed E-state index contributed by atoms with van der Waals surface area (Å²) in [5.74, 6) is -1.14. The van der Waals surface area contributed by atoms with Crippen LogP contribution in [0, 0.1) is 11.8 Å².